The second-order valence-electron chi connectivity index (χ2n) is 4.93. The maximum absolute atomic E-state index is 4.69. The van der Waals surface area contributed by atoms with Crippen molar-refractivity contribution in [1.82, 2.24) is 19.7 Å². The largest absolute Gasteiger partial charge is 0.373 e. The van der Waals surface area contributed by atoms with Gasteiger partial charge in [-0.2, -0.15) is 5.10 Å². The fourth-order valence-corrected chi connectivity index (χ4v) is 2.22. The Bertz CT molecular complexity index is 776. The van der Waals surface area contributed by atoms with Crippen molar-refractivity contribution in [3.63, 3.8) is 0 Å². The molecule has 0 radical (unpaired) electrons. The molecule has 0 spiro atoms. The van der Waals surface area contributed by atoms with Crippen LogP contribution in [-0.4, -0.2) is 26.8 Å². The summed E-state index contributed by atoms with van der Waals surface area (Å²) in [6.45, 7) is 2.06. The first-order valence-corrected chi connectivity index (χ1v) is 6.79. The quantitative estimate of drug-likeness (QED) is 0.801. The average Bonchev–Trinajstić information content (AvgIpc) is 2.94. The van der Waals surface area contributed by atoms with E-state index in [1.807, 2.05) is 50.8 Å². The summed E-state index contributed by atoms with van der Waals surface area (Å²) in [7, 11) is 3.75. The molecule has 106 valence electrons. The third-order valence-electron chi connectivity index (χ3n) is 3.37. The van der Waals surface area contributed by atoms with Crippen molar-refractivity contribution in [2.45, 2.75) is 6.92 Å². The van der Waals surface area contributed by atoms with E-state index in [2.05, 4.69) is 28.4 Å². The van der Waals surface area contributed by atoms with Gasteiger partial charge in [0, 0.05) is 37.5 Å². The van der Waals surface area contributed by atoms with Crippen molar-refractivity contribution in [2.24, 2.45) is 7.05 Å². The van der Waals surface area contributed by atoms with Gasteiger partial charge < -0.3 is 5.32 Å². The van der Waals surface area contributed by atoms with Gasteiger partial charge in [0.05, 0.1) is 11.9 Å². The predicted octanol–water partition coefficient (Wildman–Crippen LogP) is 2.89. The van der Waals surface area contributed by atoms with Crippen molar-refractivity contribution >= 4 is 5.82 Å². The zero-order chi connectivity index (χ0) is 14.8. The summed E-state index contributed by atoms with van der Waals surface area (Å²) in [5.41, 5.74) is 4.04. The van der Waals surface area contributed by atoms with Crippen LogP contribution in [0.2, 0.25) is 0 Å². The van der Waals surface area contributed by atoms with Crippen LogP contribution in [0.1, 0.15) is 5.56 Å². The van der Waals surface area contributed by atoms with Crippen molar-refractivity contribution in [3.05, 3.63) is 48.3 Å². The molecule has 5 nitrogen and oxygen atoms in total. The first-order chi connectivity index (χ1) is 10.2. The molecule has 0 unspecified atom stereocenters. The van der Waals surface area contributed by atoms with E-state index in [1.165, 1.54) is 0 Å². The molecule has 2 heterocycles. The Morgan fingerprint density at radius 3 is 2.62 bits per heavy atom. The van der Waals surface area contributed by atoms with Gasteiger partial charge in [-0.05, 0) is 12.5 Å². The summed E-state index contributed by atoms with van der Waals surface area (Å²) in [5, 5.41) is 7.30. The maximum Gasteiger partial charge on any atom is 0.162 e. The fraction of sp³-hybridized carbons (Fsp3) is 0.188. The van der Waals surface area contributed by atoms with Crippen LogP contribution in [0.3, 0.4) is 0 Å². The fourth-order valence-electron chi connectivity index (χ4n) is 2.22. The van der Waals surface area contributed by atoms with E-state index in [9.17, 15) is 0 Å². The maximum atomic E-state index is 4.69. The molecule has 3 aromatic rings. The Labute approximate surface area is 123 Å². The van der Waals surface area contributed by atoms with E-state index in [0.717, 1.165) is 34.0 Å². The number of hydrogen-bond acceptors (Lipinski definition) is 4. The highest BCUT2D eigenvalue weighted by Crippen LogP contribution is 2.25. The number of benzene rings is 1. The molecule has 0 saturated carbocycles. The molecule has 2 aromatic heterocycles. The standard InChI is InChI=1S/C16H17N5/c1-11-6-4-5-7-13(11)16-19-14(8-15(17-2)20-16)12-9-18-21(3)10-12/h4-10H,1-3H3,(H,17,19,20). The van der Waals surface area contributed by atoms with E-state index in [1.54, 1.807) is 4.68 Å². The first kappa shape index (κ1) is 13.3. The van der Waals surface area contributed by atoms with Crippen LogP contribution < -0.4 is 5.32 Å². The summed E-state index contributed by atoms with van der Waals surface area (Å²) in [6, 6.07) is 10.1. The highest BCUT2D eigenvalue weighted by atomic mass is 15.2. The molecule has 0 saturated heterocycles. The van der Waals surface area contributed by atoms with E-state index in [0.29, 0.717) is 0 Å². The van der Waals surface area contributed by atoms with E-state index in [4.69, 9.17) is 4.98 Å². The Morgan fingerprint density at radius 1 is 1.14 bits per heavy atom. The highest BCUT2D eigenvalue weighted by Gasteiger charge is 2.10. The summed E-state index contributed by atoms with van der Waals surface area (Å²) in [4.78, 5) is 9.26. The zero-order valence-electron chi connectivity index (χ0n) is 12.3. The molecule has 1 N–H and O–H groups in total. The smallest absolute Gasteiger partial charge is 0.162 e. The summed E-state index contributed by atoms with van der Waals surface area (Å²) >= 11 is 0. The van der Waals surface area contributed by atoms with Crippen LogP contribution in [0.5, 0.6) is 0 Å². The topological polar surface area (TPSA) is 55.6 Å². The lowest BCUT2D eigenvalue weighted by Gasteiger charge is -2.08. The number of aromatic nitrogens is 4. The number of aryl methyl sites for hydroxylation is 2. The SMILES string of the molecule is CNc1cc(-c2cnn(C)c2)nc(-c2ccccc2C)n1. The highest BCUT2D eigenvalue weighted by molar-refractivity contribution is 5.68. The van der Waals surface area contributed by atoms with Gasteiger partial charge in [-0.25, -0.2) is 9.97 Å². The second-order valence-corrected chi connectivity index (χ2v) is 4.93. The number of nitrogens with one attached hydrogen (secondary N) is 1. The van der Waals surface area contributed by atoms with Gasteiger partial charge >= 0.3 is 0 Å². The molecule has 0 aliphatic carbocycles. The Kier molecular flexibility index (Phi) is 3.39. The Morgan fingerprint density at radius 2 is 1.95 bits per heavy atom. The van der Waals surface area contributed by atoms with Gasteiger partial charge in [0.1, 0.15) is 5.82 Å². The summed E-state index contributed by atoms with van der Waals surface area (Å²) < 4.78 is 1.77. The van der Waals surface area contributed by atoms with Gasteiger partial charge in [0.15, 0.2) is 5.82 Å². The minimum absolute atomic E-state index is 0.721. The zero-order valence-corrected chi connectivity index (χ0v) is 12.3. The molecule has 1 aromatic carbocycles. The number of nitrogens with zero attached hydrogens (tertiary/aromatic N) is 4. The van der Waals surface area contributed by atoms with Crippen molar-refractivity contribution in [2.75, 3.05) is 12.4 Å². The molecular formula is C16H17N5. The van der Waals surface area contributed by atoms with Crippen LogP contribution in [0.15, 0.2) is 42.7 Å². The Hall–Kier alpha value is -2.69. The molecule has 0 amide bonds. The number of rotatable bonds is 3. The third-order valence-corrected chi connectivity index (χ3v) is 3.37. The van der Waals surface area contributed by atoms with Crippen molar-refractivity contribution < 1.29 is 0 Å². The summed E-state index contributed by atoms with van der Waals surface area (Å²) in [6.07, 6.45) is 3.76. The van der Waals surface area contributed by atoms with Gasteiger partial charge in [0.2, 0.25) is 0 Å². The number of hydrogen-bond donors (Lipinski definition) is 1. The molecular weight excluding hydrogens is 262 g/mol. The van der Waals surface area contributed by atoms with Crippen molar-refractivity contribution in [1.29, 1.82) is 0 Å². The van der Waals surface area contributed by atoms with Gasteiger partial charge in [0.25, 0.3) is 0 Å². The predicted molar refractivity (Wildman–Crippen MR) is 84.0 cm³/mol. The summed E-state index contributed by atoms with van der Waals surface area (Å²) in [5.74, 6) is 1.51. The van der Waals surface area contributed by atoms with E-state index in [-0.39, 0.29) is 0 Å². The van der Waals surface area contributed by atoms with Crippen LogP contribution in [0.4, 0.5) is 5.82 Å². The monoisotopic (exact) mass is 279 g/mol. The van der Waals surface area contributed by atoms with Crippen LogP contribution in [-0.2, 0) is 7.05 Å². The molecule has 0 fully saturated rings. The van der Waals surface area contributed by atoms with Crippen LogP contribution in [0, 0.1) is 6.92 Å². The lowest BCUT2D eigenvalue weighted by Crippen LogP contribution is -1.99. The normalized spacial score (nSPS) is 10.6. The van der Waals surface area contributed by atoms with Gasteiger partial charge in [-0.3, -0.25) is 4.68 Å². The van der Waals surface area contributed by atoms with Crippen LogP contribution in [0.25, 0.3) is 22.6 Å². The van der Waals surface area contributed by atoms with E-state index >= 15 is 0 Å². The van der Waals surface area contributed by atoms with Gasteiger partial charge in [-0.1, -0.05) is 24.3 Å². The molecule has 3 rings (SSSR count). The van der Waals surface area contributed by atoms with Crippen molar-refractivity contribution in [3.8, 4) is 22.6 Å². The Balaban J connectivity index is 2.16. The molecule has 0 atom stereocenters. The average molecular weight is 279 g/mol. The van der Waals surface area contributed by atoms with E-state index < -0.39 is 0 Å². The molecule has 21 heavy (non-hydrogen) atoms. The molecule has 0 aliphatic rings. The van der Waals surface area contributed by atoms with Crippen LogP contribution >= 0.6 is 0 Å². The molecule has 5 heteroatoms. The lowest BCUT2D eigenvalue weighted by molar-refractivity contribution is 0.768. The minimum atomic E-state index is 0.721. The number of anilines is 1. The van der Waals surface area contributed by atoms with Gasteiger partial charge in [-0.15, -0.1) is 0 Å². The minimum Gasteiger partial charge on any atom is -0.373 e. The first-order valence-electron chi connectivity index (χ1n) is 6.79. The molecule has 0 bridgehead atoms. The molecule has 0 aliphatic heterocycles. The third kappa shape index (κ3) is 2.63. The lowest BCUT2D eigenvalue weighted by atomic mass is 10.1. The second kappa shape index (κ2) is 5.36.